The van der Waals surface area contributed by atoms with E-state index in [9.17, 15) is 0 Å². The SMILES string of the molecule is c1ccc(C2=NC(c3cccc(-c4cc5ccccc5c5c4oc4c(-n6c7ccccc7c7cc8ccccc8cc76)cccc45)c3)NC(c3ccccc3)=N2)cc1. The zero-order valence-corrected chi connectivity index (χ0v) is 31.3. The molecule has 1 aliphatic heterocycles. The summed E-state index contributed by atoms with van der Waals surface area (Å²) in [5, 5.41) is 13.0. The lowest BCUT2D eigenvalue weighted by atomic mass is 9.95. The lowest BCUT2D eigenvalue weighted by molar-refractivity contribution is 0.667. The summed E-state index contributed by atoms with van der Waals surface area (Å²) in [6.07, 6.45) is -0.354. The smallest absolute Gasteiger partial charge is 0.159 e. The Morgan fingerprint density at radius 1 is 0.466 bits per heavy atom. The molecule has 11 aromatic rings. The maximum absolute atomic E-state index is 7.24. The van der Waals surface area contributed by atoms with E-state index in [4.69, 9.17) is 14.4 Å². The maximum atomic E-state index is 7.24. The molecule has 1 unspecified atom stereocenters. The topological polar surface area (TPSA) is 54.8 Å². The van der Waals surface area contributed by atoms with Gasteiger partial charge in [0.2, 0.25) is 0 Å². The molecular formula is C53H34N4O. The average molecular weight is 743 g/mol. The first kappa shape index (κ1) is 32.5. The molecule has 2 aromatic heterocycles. The van der Waals surface area contributed by atoms with Crippen LogP contribution in [-0.4, -0.2) is 16.2 Å². The van der Waals surface area contributed by atoms with Crippen LogP contribution in [0.2, 0.25) is 0 Å². The predicted octanol–water partition coefficient (Wildman–Crippen LogP) is 13.2. The fraction of sp³-hybridized carbons (Fsp3) is 0.0189. The zero-order valence-electron chi connectivity index (χ0n) is 31.3. The van der Waals surface area contributed by atoms with Crippen LogP contribution in [0.1, 0.15) is 22.9 Å². The number of hydrogen-bond acceptors (Lipinski definition) is 4. The molecule has 3 heterocycles. The van der Waals surface area contributed by atoms with Gasteiger partial charge in [-0.1, -0.05) is 158 Å². The summed E-state index contributed by atoms with van der Waals surface area (Å²) in [5.41, 5.74) is 10.1. The van der Waals surface area contributed by atoms with Gasteiger partial charge in [-0.3, -0.25) is 0 Å². The minimum Gasteiger partial charge on any atom is -0.453 e. The summed E-state index contributed by atoms with van der Waals surface area (Å²) in [5.74, 6) is 1.49. The molecule has 1 atom stereocenters. The number of fused-ring (bicyclic) bond motifs is 9. The first-order valence-corrected chi connectivity index (χ1v) is 19.7. The fourth-order valence-corrected chi connectivity index (χ4v) is 8.89. The lowest BCUT2D eigenvalue weighted by Gasteiger charge is -2.24. The van der Waals surface area contributed by atoms with E-state index in [0.29, 0.717) is 5.84 Å². The van der Waals surface area contributed by atoms with Crippen LogP contribution < -0.4 is 5.32 Å². The van der Waals surface area contributed by atoms with Gasteiger partial charge < -0.3 is 14.3 Å². The molecule has 0 saturated carbocycles. The van der Waals surface area contributed by atoms with Crippen molar-refractivity contribution in [3.63, 3.8) is 0 Å². The maximum Gasteiger partial charge on any atom is 0.159 e. The van der Waals surface area contributed by atoms with E-state index in [-0.39, 0.29) is 6.17 Å². The normalized spacial score (nSPS) is 14.4. The molecule has 1 aliphatic rings. The van der Waals surface area contributed by atoms with Crippen molar-refractivity contribution in [2.24, 2.45) is 9.98 Å². The van der Waals surface area contributed by atoms with Crippen LogP contribution in [0.4, 0.5) is 0 Å². The van der Waals surface area contributed by atoms with Crippen LogP contribution in [0.15, 0.2) is 209 Å². The number of hydrogen-bond donors (Lipinski definition) is 1. The standard InChI is InChI=1S/C53H34N4O/c1-3-15-33(16-4-1)51-54-52(34-17-5-2-6-18-34)56-53(55-51)39-23-13-22-37(29-39)43-31-38-21-9-10-24-40(38)48-42-26-14-28-46(49(42)58-50(43)48)57-45-27-12-11-25-41(45)44-30-35-19-7-8-20-36(35)32-47(44)57/h1-32,53H,(H,54,55,56). The Bertz CT molecular complexity index is 3480. The van der Waals surface area contributed by atoms with Gasteiger partial charge in [-0.2, -0.15) is 0 Å². The third kappa shape index (κ3) is 5.10. The number of nitrogens with zero attached hydrogens (tertiary/aromatic N) is 3. The lowest BCUT2D eigenvalue weighted by Crippen LogP contribution is -2.33. The van der Waals surface area contributed by atoms with E-state index < -0.39 is 0 Å². The van der Waals surface area contributed by atoms with Gasteiger partial charge in [0.15, 0.2) is 11.4 Å². The van der Waals surface area contributed by atoms with Gasteiger partial charge in [-0.15, -0.1) is 0 Å². The molecule has 9 aromatic carbocycles. The van der Waals surface area contributed by atoms with E-state index in [1.165, 1.54) is 21.5 Å². The fourth-order valence-electron chi connectivity index (χ4n) is 8.89. The summed E-state index contributed by atoms with van der Waals surface area (Å²) >= 11 is 0. The highest BCUT2D eigenvalue weighted by Gasteiger charge is 2.24. The van der Waals surface area contributed by atoms with E-state index in [1.807, 2.05) is 36.4 Å². The van der Waals surface area contributed by atoms with E-state index >= 15 is 0 Å². The summed E-state index contributed by atoms with van der Waals surface area (Å²) in [6, 6.07) is 68.5. The molecule has 58 heavy (non-hydrogen) atoms. The average Bonchev–Trinajstić information content (AvgIpc) is 3.85. The second-order valence-corrected chi connectivity index (χ2v) is 15.0. The first-order valence-electron chi connectivity index (χ1n) is 19.7. The second kappa shape index (κ2) is 12.9. The largest absolute Gasteiger partial charge is 0.453 e. The molecule has 0 radical (unpaired) electrons. The molecular weight excluding hydrogens is 709 g/mol. The van der Waals surface area contributed by atoms with E-state index in [0.717, 1.165) is 83.1 Å². The highest BCUT2D eigenvalue weighted by atomic mass is 16.3. The molecule has 0 amide bonds. The van der Waals surface area contributed by atoms with Gasteiger partial charge in [0, 0.05) is 38.2 Å². The Kier molecular flexibility index (Phi) is 7.23. The summed E-state index contributed by atoms with van der Waals surface area (Å²) in [6.45, 7) is 0. The van der Waals surface area contributed by atoms with Gasteiger partial charge in [-0.05, 0) is 69.1 Å². The Hall–Kier alpha value is -7.76. The predicted molar refractivity (Wildman–Crippen MR) is 240 cm³/mol. The molecule has 272 valence electrons. The number of furan rings is 1. The molecule has 0 aliphatic carbocycles. The number of aliphatic imine (C=N–C) groups is 2. The number of para-hydroxylation sites is 2. The monoisotopic (exact) mass is 742 g/mol. The van der Waals surface area contributed by atoms with Crippen molar-refractivity contribution < 1.29 is 4.42 Å². The highest BCUT2D eigenvalue weighted by molar-refractivity contribution is 6.24. The highest BCUT2D eigenvalue weighted by Crippen LogP contribution is 2.44. The Morgan fingerprint density at radius 2 is 1.12 bits per heavy atom. The van der Waals surface area contributed by atoms with Crippen LogP contribution >= 0.6 is 0 Å². The summed E-state index contributed by atoms with van der Waals surface area (Å²) < 4.78 is 9.62. The van der Waals surface area contributed by atoms with Gasteiger partial charge in [0.1, 0.15) is 17.6 Å². The number of nitrogens with one attached hydrogen (secondary N) is 1. The number of amidine groups is 2. The number of aromatic nitrogens is 1. The van der Waals surface area contributed by atoms with Crippen LogP contribution in [-0.2, 0) is 0 Å². The number of rotatable bonds is 5. The van der Waals surface area contributed by atoms with Crippen molar-refractivity contribution in [2.75, 3.05) is 0 Å². The van der Waals surface area contributed by atoms with Crippen molar-refractivity contribution >= 4 is 77.0 Å². The van der Waals surface area contributed by atoms with Crippen molar-refractivity contribution in [2.45, 2.75) is 6.17 Å². The molecule has 5 nitrogen and oxygen atoms in total. The quantitative estimate of drug-likeness (QED) is 0.191. The minimum atomic E-state index is -0.354. The van der Waals surface area contributed by atoms with Crippen LogP contribution in [0, 0.1) is 0 Å². The van der Waals surface area contributed by atoms with Crippen LogP contribution in [0.5, 0.6) is 0 Å². The molecule has 0 bridgehead atoms. The minimum absolute atomic E-state index is 0.354. The molecule has 0 fully saturated rings. The molecule has 0 saturated heterocycles. The van der Waals surface area contributed by atoms with Gasteiger partial charge in [0.25, 0.3) is 0 Å². The Morgan fingerprint density at radius 3 is 1.95 bits per heavy atom. The van der Waals surface area contributed by atoms with Crippen molar-refractivity contribution in [3.8, 4) is 16.8 Å². The molecule has 1 N–H and O–H groups in total. The molecule has 5 heteroatoms. The summed E-state index contributed by atoms with van der Waals surface area (Å²) in [4.78, 5) is 10.2. The van der Waals surface area contributed by atoms with Crippen LogP contribution in [0.3, 0.4) is 0 Å². The Balaban J connectivity index is 1.07. The van der Waals surface area contributed by atoms with Crippen LogP contribution in [0.25, 0.3) is 82.1 Å². The van der Waals surface area contributed by atoms with Gasteiger partial charge in [-0.25, -0.2) is 9.98 Å². The van der Waals surface area contributed by atoms with E-state index in [1.54, 1.807) is 0 Å². The van der Waals surface area contributed by atoms with Crippen molar-refractivity contribution in [3.05, 3.63) is 211 Å². The zero-order chi connectivity index (χ0) is 38.2. The summed E-state index contributed by atoms with van der Waals surface area (Å²) in [7, 11) is 0. The molecule has 0 spiro atoms. The third-order valence-corrected chi connectivity index (χ3v) is 11.6. The number of benzene rings is 9. The van der Waals surface area contributed by atoms with E-state index in [2.05, 4.69) is 168 Å². The van der Waals surface area contributed by atoms with Crippen molar-refractivity contribution in [1.82, 2.24) is 9.88 Å². The van der Waals surface area contributed by atoms with Gasteiger partial charge >= 0.3 is 0 Å². The molecule has 12 rings (SSSR count). The third-order valence-electron chi connectivity index (χ3n) is 11.6. The van der Waals surface area contributed by atoms with Crippen molar-refractivity contribution in [1.29, 1.82) is 0 Å². The second-order valence-electron chi connectivity index (χ2n) is 15.0. The van der Waals surface area contributed by atoms with Gasteiger partial charge in [0.05, 0.1) is 16.7 Å². The Labute approximate surface area is 333 Å². The first-order chi connectivity index (χ1) is 28.7.